The van der Waals surface area contributed by atoms with Crippen LogP contribution in [0.5, 0.6) is 0 Å². The van der Waals surface area contributed by atoms with Crippen LogP contribution in [0.2, 0.25) is 5.02 Å². The van der Waals surface area contributed by atoms with E-state index in [9.17, 15) is 4.79 Å². The minimum absolute atomic E-state index is 0.0818. The molecule has 0 saturated heterocycles. The fraction of sp³-hybridized carbons (Fsp3) is 0.231. The summed E-state index contributed by atoms with van der Waals surface area (Å²) >= 11 is 6.12. The summed E-state index contributed by atoms with van der Waals surface area (Å²) < 4.78 is 0. The topological polar surface area (TPSA) is 69.2 Å². The Morgan fingerprint density at radius 1 is 1.47 bits per heavy atom. The molecule has 5 nitrogen and oxygen atoms in total. The molecule has 0 aliphatic heterocycles. The van der Waals surface area contributed by atoms with Crippen LogP contribution < -0.4 is 0 Å². The van der Waals surface area contributed by atoms with Crippen molar-refractivity contribution in [1.29, 1.82) is 0 Å². The number of aromatic amines is 1. The first-order valence-electron chi connectivity index (χ1n) is 5.79. The molecule has 0 fully saturated rings. The molecule has 6 heteroatoms. The molecule has 19 heavy (non-hydrogen) atoms. The first-order chi connectivity index (χ1) is 9.15. The molecule has 1 aromatic heterocycles. The van der Waals surface area contributed by atoms with E-state index in [4.69, 9.17) is 16.7 Å². The Morgan fingerprint density at radius 2 is 2.21 bits per heavy atom. The molecule has 0 saturated carbocycles. The Hall–Kier alpha value is -1.85. The fourth-order valence-corrected chi connectivity index (χ4v) is 2.00. The second-order valence-corrected chi connectivity index (χ2v) is 4.50. The van der Waals surface area contributed by atoms with Crippen molar-refractivity contribution in [2.75, 3.05) is 20.2 Å². The number of carbonyl (C=O) groups excluding carboxylic acids is 1. The van der Waals surface area contributed by atoms with Gasteiger partial charge in [0, 0.05) is 24.2 Å². The molecule has 0 aliphatic carbocycles. The van der Waals surface area contributed by atoms with Crippen molar-refractivity contribution >= 4 is 17.5 Å². The minimum atomic E-state index is -0.210. The van der Waals surface area contributed by atoms with Gasteiger partial charge < -0.3 is 10.0 Å². The SMILES string of the molecule is CN(CCO)C(=O)c1cn[nH]c1-c1ccccc1Cl. The zero-order chi connectivity index (χ0) is 13.8. The number of nitrogens with one attached hydrogen (secondary N) is 1. The smallest absolute Gasteiger partial charge is 0.257 e. The molecule has 0 spiro atoms. The van der Waals surface area contributed by atoms with Gasteiger partial charge in [0.2, 0.25) is 0 Å². The van der Waals surface area contributed by atoms with Crippen LogP contribution in [0.4, 0.5) is 0 Å². The van der Waals surface area contributed by atoms with Crippen LogP contribution in [0, 0.1) is 0 Å². The van der Waals surface area contributed by atoms with Crippen LogP contribution in [0.3, 0.4) is 0 Å². The van der Waals surface area contributed by atoms with Crippen molar-refractivity contribution in [3.05, 3.63) is 41.0 Å². The van der Waals surface area contributed by atoms with Gasteiger partial charge in [-0.05, 0) is 6.07 Å². The van der Waals surface area contributed by atoms with Gasteiger partial charge in [-0.3, -0.25) is 9.89 Å². The molecule has 1 aromatic carbocycles. The summed E-state index contributed by atoms with van der Waals surface area (Å²) in [5, 5.41) is 16.1. The Labute approximate surface area is 115 Å². The van der Waals surface area contributed by atoms with Crippen molar-refractivity contribution in [1.82, 2.24) is 15.1 Å². The highest BCUT2D eigenvalue weighted by atomic mass is 35.5. The summed E-state index contributed by atoms with van der Waals surface area (Å²) in [4.78, 5) is 13.6. The van der Waals surface area contributed by atoms with Crippen LogP contribution in [-0.2, 0) is 0 Å². The van der Waals surface area contributed by atoms with E-state index in [1.165, 1.54) is 11.1 Å². The van der Waals surface area contributed by atoms with E-state index in [1.807, 2.05) is 18.2 Å². The highest BCUT2D eigenvalue weighted by molar-refractivity contribution is 6.33. The predicted octanol–water partition coefficient (Wildman–Crippen LogP) is 1.79. The molecule has 0 atom stereocenters. The number of halogens is 1. The molecule has 1 heterocycles. The van der Waals surface area contributed by atoms with Crippen LogP contribution in [0.15, 0.2) is 30.5 Å². The summed E-state index contributed by atoms with van der Waals surface area (Å²) in [6, 6.07) is 7.23. The fourth-order valence-electron chi connectivity index (χ4n) is 1.77. The molecule has 2 N–H and O–H groups in total. The van der Waals surface area contributed by atoms with Crippen molar-refractivity contribution in [3.8, 4) is 11.3 Å². The number of hydrogen-bond acceptors (Lipinski definition) is 3. The van der Waals surface area contributed by atoms with Crippen LogP contribution in [-0.4, -0.2) is 46.3 Å². The summed E-state index contributed by atoms with van der Waals surface area (Å²) in [6.45, 7) is 0.188. The van der Waals surface area contributed by atoms with Gasteiger partial charge in [-0.15, -0.1) is 0 Å². The Balaban J connectivity index is 2.38. The number of H-pyrrole nitrogens is 1. The Morgan fingerprint density at radius 3 is 2.89 bits per heavy atom. The van der Waals surface area contributed by atoms with Gasteiger partial charge in [0.05, 0.1) is 24.1 Å². The van der Waals surface area contributed by atoms with Gasteiger partial charge >= 0.3 is 0 Å². The van der Waals surface area contributed by atoms with Crippen molar-refractivity contribution in [2.45, 2.75) is 0 Å². The third-order valence-corrected chi connectivity index (χ3v) is 3.12. The van der Waals surface area contributed by atoms with Crippen molar-refractivity contribution in [2.24, 2.45) is 0 Å². The van der Waals surface area contributed by atoms with E-state index in [-0.39, 0.29) is 19.1 Å². The number of likely N-dealkylation sites (N-methyl/N-ethyl adjacent to an activating group) is 1. The number of carbonyl (C=O) groups is 1. The predicted molar refractivity (Wildman–Crippen MR) is 73.1 cm³/mol. The number of rotatable bonds is 4. The average Bonchev–Trinajstić information content (AvgIpc) is 2.87. The highest BCUT2D eigenvalue weighted by Gasteiger charge is 2.19. The van der Waals surface area contributed by atoms with E-state index in [1.54, 1.807) is 13.1 Å². The zero-order valence-corrected chi connectivity index (χ0v) is 11.2. The molecule has 100 valence electrons. The Bertz CT molecular complexity index is 583. The average molecular weight is 280 g/mol. The third kappa shape index (κ3) is 2.77. The minimum Gasteiger partial charge on any atom is -0.395 e. The third-order valence-electron chi connectivity index (χ3n) is 2.80. The molecule has 0 aliphatic rings. The number of hydrogen-bond donors (Lipinski definition) is 2. The van der Waals surface area contributed by atoms with Gasteiger partial charge in [-0.1, -0.05) is 29.8 Å². The zero-order valence-electron chi connectivity index (χ0n) is 10.4. The number of benzene rings is 1. The maximum atomic E-state index is 12.2. The second-order valence-electron chi connectivity index (χ2n) is 4.09. The largest absolute Gasteiger partial charge is 0.395 e. The molecular weight excluding hydrogens is 266 g/mol. The number of aromatic nitrogens is 2. The van der Waals surface area contributed by atoms with Gasteiger partial charge in [0.25, 0.3) is 5.91 Å². The number of aliphatic hydroxyl groups is 1. The Kier molecular flexibility index (Phi) is 4.19. The van der Waals surface area contributed by atoms with E-state index < -0.39 is 0 Å². The highest BCUT2D eigenvalue weighted by Crippen LogP contribution is 2.28. The molecule has 1 amide bonds. The maximum Gasteiger partial charge on any atom is 0.257 e. The number of aliphatic hydroxyl groups excluding tert-OH is 1. The van der Waals surface area contributed by atoms with E-state index >= 15 is 0 Å². The van der Waals surface area contributed by atoms with E-state index in [0.29, 0.717) is 16.3 Å². The summed E-state index contributed by atoms with van der Waals surface area (Å²) in [6.07, 6.45) is 1.47. The second kappa shape index (κ2) is 5.86. The van der Waals surface area contributed by atoms with Gasteiger partial charge in [0.1, 0.15) is 0 Å². The van der Waals surface area contributed by atoms with Gasteiger partial charge in [-0.25, -0.2) is 0 Å². The quantitative estimate of drug-likeness (QED) is 0.896. The number of amides is 1. The lowest BCUT2D eigenvalue weighted by molar-refractivity contribution is 0.0768. The number of nitrogens with zero attached hydrogens (tertiary/aromatic N) is 2. The first kappa shape index (κ1) is 13.6. The van der Waals surface area contributed by atoms with Gasteiger partial charge in [-0.2, -0.15) is 5.10 Å². The molecule has 2 aromatic rings. The molecular formula is C13H14ClN3O2. The van der Waals surface area contributed by atoms with E-state index in [2.05, 4.69) is 10.2 Å². The molecule has 0 radical (unpaired) electrons. The lowest BCUT2D eigenvalue weighted by Gasteiger charge is -2.15. The normalized spacial score (nSPS) is 10.5. The molecule has 2 rings (SSSR count). The van der Waals surface area contributed by atoms with Crippen LogP contribution >= 0.6 is 11.6 Å². The van der Waals surface area contributed by atoms with Crippen LogP contribution in [0.1, 0.15) is 10.4 Å². The maximum absolute atomic E-state index is 12.2. The lowest BCUT2D eigenvalue weighted by Crippen LogP contribution is -2.29. The van der Waals surface area contributed by atoms with Crippen molar-refractivity contribution < 1.29 is 9.90 Å². The van der Waals surface area contributed by atoms with Gasteiger partial charge in [0.15, 0.2) is 0 Å². The van der Waals surface area contributed by atoms with E-state index in [0.717, 1.165) is 5.56 Å². The summed E-state index contributed by atoms with van der Waals surface area (Å²) in [5.74, 6) is -0.210. The van der Waals surface area contributed by atoms with Crippen LogP contribution in [0.25, 0.3) is 11.3 Å². The summed E-state index contributed by atoms with van der Waals surface area (Å²) in [7, 11) is 1.63. The molecule has 0 bridgehead atoms. The monoisotopic (exact) mass is 279 g/mol. The first-order valence-corrected chi connectivity index (χ1v) is 6.17. The molecule has 0 unspecified atom stereocenters. The van der Waals surface area contributed by atoms with Crippen molar-refractivity contribution in [3.63, 3.8) is 0 Å². The standard InChI is InChI=1S/C13H14ClN3O2/c1-17(6-7-18)13(19)10-8-15-16-12(10)9-4-2-3-5-11(9)14/h2-5,8,18H,6-7H2,1H3,(H,15,16). The summed E-state index contributed by atoms with van der Waals surface area (Å²) in [5.41, 5.74) is 1.74. The lowest BCUT2D eigenvalue weighted by atomic mass is 10.1.